The lowest BCUT2D eigenvalue weighted by atomic mass is 10.1. The molecule has 0 aliphatic heterocycles. The van der Waals surface area contributed by atoms with Gasteiger partial charge in [-0.1, -0.05) is 62.7 Å². The van der Waals surface area contributed by atoms with E-state index >= 15 is 0 Å². The predicted octanol–water partition coefficient (Wildman–Crippen LogP) is 5.13. The van der Waals surface area contributed by atoms with Crippen molar-refractivity contribution in [2.75, 3.05) is 6.54 Å². The van der Waals surface area contributed by atoms with Crippen LogP contribution < -0.4 is 5.56 Å². The van der Waals surface area contributed by atoms with E-state index in [1.807, 2.05) is 54.3 Å². The number of hydrogen-bond donors (Lipinski definition) is 0. The third-order valence-corrected chi connectivity index (χ3v) is 5.81. The van der Waals surface area contributed by atoms with Gasteiger partial charge in [0.05, 0.1) is 16.9 Å². The Balaban J connectivity index is 1.97. The van der Waals surface area contributed by atoms with Gasteiger partial charge < -0.3 is 4.90 Å². The molecule has 0 aliphatic carbocycles. The molecule has 164 valence electrons. The molecule has 0 bridgehead atoms. The van der Waals surface area contributed by atoms with Crippen LogP contribution in [-0.4, -0.2) is 26.9 Å². The van der Waals surface area contributed by atoms with Crippen LogP contribution in [0.1, 0.15) is 63.9 Å². The van der Waals surface area contributed by atoms with E-state index in [2.05, 4.69) is 26.0 Å². The third kappa shape index (κ3) is 5.22. The second kappa shape index (κ2) is 10.9. The van der Waals surface area contributed by atoms with E-state index in [-0.39, 0.29) is 17.5 Å². The third-order valence-electron chi connectivity index (χ3n) is 5.81. The molecular formula is C26H33N3O2. The fraction of sp³-hybridized carbons (Fsp3) is 0.423. The topological polar surface area (TPSA) is 55.2 Å². The van der Waals surface area contributed by atoms with Crippen LogP contribution >= 0.6 is 0 Å². The highest BCUT2D eigenvalue weighted by atomic mass is 16.2. The zero-order valence-electron chi connectivity index (χ0n) is 18.9. The van der Waals surface area contributed by atoms with Crippen molar-refractivity contribution in [3.8, 4) is 0 Å². The fourth-order valence-corrected chi connectivity index (χ4v) is 4.11. The minimum atomic E-state index is -0.216. The van der Waals surface area contributed by atoms with Crippen LogP contribution in [0.5, 0.6) is 0 Å². The molecule has 1 atom stereocenters. The Morgan fingerprint density at radius 2 is 1.74 bits per heavy atom. The van der Waals surface area contributed by atoms with Crippen LogP contribution in [-0.2, 0) is 17.8 Å². The van der Waals surface area contributed by atoms with Crippen LogP contribution in [0, 0.1) is 0 Å². The van der Waals surface area contributed by atoms with Crippen LogP contribution in [0.15, 0.2) is 59.4 Å². The van der Waals surface area contributed by atoms with Crippen molar-refractivity contribution in [3.05, 3.63) is 76.3 Å². The number of para-hydroxylation sites is 1. The summed E-state index contributed by atoms with van der Waals surface area (Å²) in [5, 5.41) is 0.624. The molecule has 0 saturated heterocycles. The van der Waals surface area contributed by atoms with E-state index in [0.29, 0.717) is 49.1 Å². The molecule has 0 fully saturated rings. The molecule has 1 unspecified atom stereocenters. The first-order valence-electron chi connectivity index (χ1n) is 11.4. The normalized spacial score (nSPS) is 12.1. The molecule has 31 heavy (non-hydrogen) atoms. The Morgan fingerprint density at radius 1 is 1.03 bits per heavy atom. The Morgan fingerprint density at radius 3 is 2.42 bits per heavy atom. The highest BCUT2D eigenvalue weighted by Gasteiger charge is 2.27. The van der Waals surface area contributed by atoms with Gasteiger partial charge in [-0.3, -0.25) is 14.2 Å². The Labute approximate surface area is 184 Å². The van der Waals surface area contributed by atoms with Gasteiger partial charge in [-0.05, 0) is 43.9 Å². The second-order valence-corrected chi connectivity index (χ2v) is 7.89. The first-order valence-corrected chi connectivity index (χ1v) is 11.4. The molecule has 3 rings (SSSR count). The SMILES string of the molecule is CCCCN(C(=O)CCc1ccccc1)C(CC)c1nc2ccccc2c(=O)n1CC. The standard InChI is InChI=1S/C26H33N3O2/c1-4-7-19-29(24(30)18-17-20-13-9-8-10-14-20)23(5-2)25-27-22-16-12-11-15-21(22)26(31)28(25)6-3/h8-16,23H,4-7,17-19H2,1-3H3. The van der Waals surface area contributed by atoms with Crippen molar-refractivity contribution < 1.29 is 4.79 Å². The highest BCUT2D eigenvalue weighted by molar-refractivity contribution is 5.78. The molecule has 0 N–H and O–H groups in total. The van der Waals surface area contributed by atoms with Crippen LogP contribution in [0.3, 0.4) is 0 Å². The van der Waals surface area contributed by atoms with Gasteiger partial charge in [-0.25, -0.2) is 4.98 Å². The number of unbranched alkanes of at least 4 members (excludes halogenated alkanes) is 1. The Bertz CT molecular complexity index is 1060. The predicted molar refractivity (Wildman–Crippen MR) is 126 cm³/mol. The summed E-state index contributed by atoms with van der Waals surface area (Å²) in [4.78, 5) is 33.3. The van der Waals surface area contributed by atoms with Crippen molar-refractivity contribution >= 4 is 16.8 Å². The van der Waals surface area contributed by atoms with Crippen LogP contribution in [0.4, 0.5) is 0 Å². The number of hydrogen-bond acceptors (Lipinski definition) is 3. The number of rotatable bonds is 10. The second-order valence-electron chi connectivity index (χ2n) is 7.89. The van der Waals surface area contributed by atoms with E-state index < -0.39 is 0 Å². The average Bonchev–Trinajstić information content (AvgIpc) is 2.81. The van der Waals surface area contributed by atoms with E-state index in [4.69, 9.17) is 4.98 Å². The van der Waals surface area contributed by atoms with Crippen molar-refractivity contribution in [2.45, 2.75) is 65.5 Å². The van der Waals surface area contributed by atoms with Gasteiger partial charge in [0.1, 0.15) is 5.82 Å². The maximum atomic E-state index is 13.4. The number of aromatic nitrogens is 2. The van der Waals surface area contributed by atoms with Gasteiger partial charge in [0.2, 0.25) is 5.91 Å². The number of aryl methyl sites for hydroxylation is 1. The van der Waals surface area contributed by atoms with Gasteiger partial charge in [0.15, 0.2) is 0 Å². The summed E-state index contributed by atoms with van der Waals surface area (Å²) >= 11 is 0. The lowest BCUT2D eigenvalue weighted by molar-refractivity contribution is -0.134. The molecule has 0 saturated carbocycles. The van der Waals surface area contributed by atoms with Gasteiger partial charge in [0.25, 0.3) is 5.56 Å². The maximum absolute atomic E-state index is 13.4. The minimum absolute atomic E-state index is 0.0336. The molecule has 5 nitrogen and oxygen atoms in total. The van der Waals surface area contributed by atoms with Crippen molar-refractivity contribution in [1.29, 1.82) is 0 Å². The highest BCUT2D eigenvalue weighted by Crippen LogP contribution is 2.25. The van der Waals surface area contributed by atoms with Gasteiger partial charge in [-0.15, -0.1) is 0 Å². The van der Waals surface area contributed by atoms with Gasteiger partial charge in [-0.2, -0.15) is 0 Å². The zero-order chi connectivity index (χ0) is 22.2. The summed E-state index contributed by atoms with van der Waals surface area (Å²) in [6, 6.07) is 17.3. The number of benzene rings is 2. The van der Waals surface area contributed by atoms with Crippen molar-refractivity contribution in [1.82, 2.24) is 14.5 Å². The Kier molecular flexibility index (Phi) is 7.99. The lowest BCUT2D eigenvalue weighted by Gasteiger charge is -2.32. The summed E-state index contributed by atoms with van der Waals surface area (Å²) < 4.78 is 1.74. The molecule has 1 heterocycles. The smallest absolute Gasteiger partial charge is 0.261 e. The minimum Gasteiger partial charge on any atom is -0.333 e. The van der Waals surface area contributed by atoms with Crippen molar-refractivity contribution in [3.63, 3.8) is 0 Å². The summed E-state index contributed by atoms with van der Waals surface area (Å²) in [5.74, 6) is 0.812. The van der Waals surface area contributed by atoms with E-state index in [1.54, 1.807) is 4.57 Å². The molecule has 3 aromatic rings. The van der Waals surface area contributed by atoms with E-state index in [9.17, 15) is 9.59 Å². The fourth-order valence-electron chi connectivity index (χ4n) is 4.11. The quantitative estimate of drug-likeness (QED) is 0.458. The molecule has 0 aliphatic rings. The largest absolute Gasteiger partial charge is 0.333 e. The average molecular weight is 420 g/mol. The molecule has 0 spiro atoms. The maximum Gasteiger partial charge on any atom is 0.261 e. The molecule has 2 aromatic carbocycles. The Hall–Kier alpha value is -2.95. The van der Waals surface area contributed by atoms with E-state index in [1.165, 1.54) is 0 Å². The van der Waals surface area contributed by atoms with Gasteiger partial charge in [0, 0.05) is 19.5 Å². The molecule has 5 heteroatoms. The van der Waals surface area contributed by atoms with Crippen LogP contribution in [0.2, 0.25) is 0 Å². The monoisotopic (exact) mass is 419 g/mol. The summed E-state index contributed by atoms with van der Waals surface area (Å²) in [6.07, 6.45) is 3.81. The van der Waals surface area contributed by atoms with Crippen LogP contribution in [0.25, 0.3) is 10.9 Å². The summed E-state index contributed by atoms with van der Waals surface area (Å²) in [6.45, 7) is 7.36. The molecule has 0 radical (unpaired) electrons. The first-order chi connectivity index (χ1) is 15.1. The number of nitrogens with zero attached hydrogens (tertiary/aromatic N) is 3. The number of carbonyl (C=O) groups excluding carboxylic acids is 1. The number of amides is 1. The number of fused-ring (bicyclic) bond motifs is 1. The summed E-state index contributed by atoms with van der Waals surface area (Å²) in [7, 11) is 0. The lowest BCUT2D eigenvalue weighted by Crippen LogP contribution is -2.39. The summed E-state index contributed by atoms with van der Waals surface area (Å²) in [5.41, 5.74) is 1.82. The first kappa shape index (κ1) is 22.7. The molecule has 1 amide bonds. The number of carbonyl (C=O) groups is 1. The van der Waals surface area contributed by atoms with Gasteiger partial charge >= 0.3 is 0 Å². The van der Waals surface area contributed by atoms with E-state index in [0.717, 1.165) is 18.4 Å². The molecule has 1 aromatic heterocycles. The zero-order valence-corrected chi connectivity index (χ0v) is 18.9. The molecular weight excluding hydrogens is 386 g/mol. The van der Waals surface area contributed by atoms with Crippen molar-refractivity contribution in [2.24, 2.45) is 0 Å².